The molecule has 1 aromatic rings. The summed E-state index contributed by atoms with van der Waals surface area (Å²) >= 11 is 5.87. The van der Waals surface area contributed by atoms with Crippen molar-refractivity contribution in [1.29, 1.82) is 0 Å². The van der Waals surface area contributed by atoms with E-state index in [4.69, 9.17) is 16.3 Å². The zero-order valence-electron chi connectivity index (χ0n) is 14.6. The molecule has 8 heteroatoms. The lowest BCUT2D eigenvalue weighted by atomic mass is 9.91. The molecular weight excluding hydrogens is 346 g/mol. The number of carbonyl (C=O) groups is 2. The van der Waals surface area contributed by atoms with E-state index in [2.05, 4.69) is 15.6 Å². The molecule has 0 bridgehead atoms. The van der Waals surface area contributed by atoms with E-state index in [0.29, 0.717) is 5.69 Å². The smallest absolute Gasteiger partial charge is 0.407 e. The monoisotopic (exact) mass is 369 g/mol. The van der Waals surface area contributed by atoms with Gasteiger partial charge in [-0.25, -0.2) is 14.6 Å². The number of amides is 1. The lowest BCUT2D eigenvalue weighted by Crippen LogP contribution is -2.42. The summed E-state index contributed by atoms with van der Waals surface area (Å²) in [6.45, 7) is 5.48. The fraction of sp³-hybridized carbons (Fsp3) is 0.588. The second-order valence-electron chi connectivity index (χ2n) is 7.20. The summed E-state index contributed by atoms with van der Waals surface area (Å²) in [7, 11) is 0. The molecule has 25 heavy (non-hydrogen) atoms. The maximum atomic E-state index is 11.8. The highest BCUT2D eigenvalue weighted by atomic mass is 35.5. The Balaban J connectivity index is 1.88. The quantitative estimate of drug-likeness (QED) is 0.700. The van der Waals surface area contributed by atoms with Crippen LogP contribution in [0.1, 0.15) is 56.8 Å². The van der Waals surface area contributed by atoms with Crippen molar-refractivity contribution >= 4 is 29.4 Å². The molecule has 1 aliphatic carbocycles. The first kappa shape index (κ1) is 19.3. The minimum Gasteiger partial charge on any atom is -0.478 e. The minimum absolute atomic E-state index is 0.0628. The van der Waals surface area contributed by atoms with Crippen molar-refractivity contribution in [3.8, 4) is 0 Å². The van der Waals surface area contributed by atoms with Crippen molar-refractivity contribution in [3.05, 3.63) is 23.0 Å². The van der Waals surface area contributed by atoms with E-state index in [1.165, 1.54) is 12.3 Å². The highest BCUT2D eigenvalue weighted by Gasteiger charge is 2.25. The Morgan fingerprint density at radius 1 is 1.24 bits per heavy atom. The number of carboxylic acid groups (broad SMARTS) is 1. The van der Waals surface area contributed by atoms with Crippen LogP contribution in [0.3, 0.4) is 0 Å². The van der Waals surface area contributed by atoms with Crippen LogP contribution in [-0.2, 0) is 4.74 Å². The van der Waals surface area contributed by atoms with Gasteiger partial charge in [0.1, 0.15) is 16.3 Å². The number of nitrogens with zero attached hydrogens (tertiary/aromatic N) is 1. The normalized spacial score (nSPS) is 20.6. The molecule has 0 aliphatic heterocycles. The summed E-state index contributed by atoms with van der Waals surface area (Å²) in [5.41, 5.74) is 0.0471. The average Bonchev–Trinajstić information content (AvgIpc) is 2.47. The van der Waals surface area contributed by atoms with Crippen LogP contribution >= 0.6 is 11.6 Å². The molecule has 0 spiro atoms. The molecular formula is C17H24ClN3O4. The van der Waals surface area contributed by atoms with Crippen LogP contribution in [0.2, 0.25) is 5.15 Å². The summed E-state index contributed by atoms with van der Waals surface area (Å²) in [6, 6.07) is 1.71. The first-order chi connectivity index (χ1) is 11.6. The van der Waals surface area contributed by atoms with Crippen LogP contribution in [0.15, 0.2) is 12.3 Å². The summed E-state index contributed by atoms with van der Waals surface area (Å²) in [6.07, 6.45) is 4.04. The molecule has 1 aliphatic rings. The van der Waals surface area contributed by atoms with Crippen molar-refractivity contribution in [2.24, 2.45) is 0 Å². The summed E-state index contributed by atoms with van der Waals surface area (Å²) < 4.78 is 5.27. The fourth-order valence-electron chi connectivity index (χ4n) is 2.80. The lowest BCUT2D eigenvalue weighted by molar-refractivity contribution is 0.0491. The maximum absolute atomic E-state index is 11.8. The number of anilines is 1. The molecule has 0 radical (unpaired) electrons. The Labute approximate surface area is 152 Å². The van der Waals surface area contributed by atoms with Crippen molar-refractivity contribution < 1.29 is 19.4 Å². The largest absolute Gasteiger partial charge is 0.478 e. The van der Waals surface area contributed by atoms with Crippen LogP contribution in [0.5, 0.6) is 0 Å². The molecule has 0 unspecified atom stereocenters. The Morgan fingerprint density at radius 3 is 2.40 bits per heavy atom. The number of ether oxygens (including phenoxy) is 1. The highest BCUT2D eigenvalue weighted by molar-refractivity contribution is 6.29. The summed E-state index contributed by atoms with van der Waals surface area (Å²) in [5.74, 6) is -1.05. The number of nitrogens with one attached hydrogen (secondary N) is 2. The van der Waals surface area contributed by atoms with Gasteiger partial charge in [-0.2, -0.15) is 0 Å². The number of halogens is 1. The van der Waals surface area contributed by atoms with Gasteiger partial charge in [-0.15, -0.1) is 0 Å². The molecule has 1 amide bonds. The van der Waals surface area contributed by atoms with Crippen LogP contribution in [0.25, 0.3) is 0 Å². The number of aromatic nitrogens is 1. The van der Waals surface area contributed by atoms with Gasteiger partial charge in [-0.05, 0) is 52.5 Å². The third-order valence-corrected chi connectivity index (χ3v) is 4.12. The van der Waals surface area contributed by atoms with E-state index in [0.717, 1.165) is 25.7 Å². The average molecular weight is 370 g/mol. The van der Waals surface area contributed by atoms with E-state index in [-0.39, 0.29) is 22.8 Å². The van der Waals surface area contributed by atoms with Gasteiger partial charge in [-0.3, -0.25) is 0 Å². The molecule has 7 nitrogen and oxygen atoms in total. The number of pyridine rings is 1. The van der Waals surface area contributed by atoms with Crippen molar-refractivity contribution in [3.63, 3.8) is 0 Å². The van der Waals surface area contributed by atoms with Crippen LogP contribution in [0.4, 0.5) is 10.5 Å². The molecule has 1 saturated carbocycles. The van der Waals surface area contributed by atoms with Gasteiger partial charge < -0.3 is 20.5 Å². The summed E-state index contributed by atoms with van der Waals surface area (Å²) in [5, 5.41) is 15.6. The molecule has 2 rings (SSSR count). The topological polar surface area (TPSA) is 101 Å². The number of carbonyl (C=O) groups excluding carboxylic acids is 1. The standard InChI is InChI=1S/C17H24ClN3O4/c1-17(2,3)25-16(24)21-11-6-4-10(5-7-11)20-13-8-14(18)19-9-12(13)15(22)23/h8-11H,4-7H2,1-3H3,(H,19,20)(H,21,24)(H,22,23)/t10-,11+. The van der Waals surface area contributed by atoms with Gasteiger partial charge in [0.05, 0.1) is 5.69 Å². The SMILES string of the molecule is CC(C)(C)OC(=O)N[C@H]1CC[C@@H](Nc2cc(Cl)ncc2C(=O)O)CC1. The van der Waals surface area contributed by atoms with Crippen LogP contribution < -0.4 is 10.6 Å². The molecule has 1 fully saturated rings. The predicted molar refractivity (Wildman–Crippen MR) is 95.2 cm³/mol. The molecule has 3 N–H and O–H groups in total. The molecule has 1 aromatic heterocycles. The Morgan fingerprint density at radius 2 is 1.84 bits per heavy atom. The lowest BCUT2D eigenvalue weighted by Gasteiger charge is -2.31. The maximum Gasteiger partial charge on any atom is 0.407 e. The van der Waals surface area contributed by atoms with Crippen molar-refractivity contribution in [1.82, 2.24) is 10.3 Å². The number of hydrogen-bond acceptors (Lipinski definition) is 5. The number of aromatic carboxylic acids is 1. The predicted octanol–water partition coefficient (Wildman–Crippen LogP) is 3.68. The van der Waals surface area contributed by atoms with Gasteiger partial charge in [0.25, 0.3) is 0 Å². The van der Waals surface area contributed by atoms with E-state index in [1.807, 2.05) is 20.8 Å². The Bertz CT molecular complexity index is 637. The van der Waals surface area contributed by atoms with E-state index >= 15 is 0 Å². The molecule has 138 valence electrons. The van der Waals surface area contributed by atoms with Crippen LogP contribution in [-0.4, -0.2) is 39.8 Å². The highest BCUT2D eigenvalue weighted by Crippen LogP contribution is 2.26. The first-order valence-corrected chi connectivity index (χ1v) is 8.67. The van der Waals surface area contributed by atoms with Crippen LogP contribution in [0, 0.1) is 0 Å². The number of alkyl carbamates (subject to hydrolysis) is 1. The second kappa shape index (κ2) is 7.91. The van der Waals surface area contributed by atoms with Crippen molar-refractivity contribution in [2.75, 3.05) is 5.32 Å². The van der Waals surface area contributed by atoms with E-state index < -0.39 is 17.7 Å². The third kappa shape index (κ3) is 6.08. The van der Waals surface area contributed by atoms with Gasteiger partial charge in [0, 0.05) is 18.3 Å². The van der Waals surface area contributed by atoms with Gasteiger partial charge in [0.2, 0.25) is 0 Å². The fourth-order valence-corrected chi connectivity index (χ4v) is 2.95. The Hall–Kier alpha value is -2.02. The molecule has 0 aromatic carbocycles. The minimum atomic E-state index is -1.05. The molecule has 0 saturated heterocycles. The Kier molecular flexibility index (Phi) is 6.11. The van der Waals surface area contributed by atoms with Gasteiger partial charge in [-0.1, -0.05) is 11.6 Å². The summed E-state index contributed by atoms with van der Waals surface area (Å²) in [4.78, 5) is 26.9. The zero-order chi connectivity index (χ0) is 18.6. The number of hydrogen-bond donors (Lipinski definition) is 3. The third-order valence-electron chi connectivity index (χ3n) is 3.91. The van der Waals surface area contributed by atoms with E-state index in [9.17, 15) is 14.7 Å². The second-order valence-corrected chi connectivity index (χ2v) is 7.58. The van der Waals surface area contributed by atoms with Gasteiger partial charge >= 0.3 is 12.1 Å². The van der Waals surface area contributed by atoms with Gasteiger partial charge in [0.15, 0.2) is 0 Å². The molecule has 1 heterocycles. The number of rotatable bonds is 4. The number of carboxylic acids is 1. The molecule has 0 atom stereocenters. The first-order valence-electron chi connectivity index (χ1n) is 8.29. The van der Waals surface area contributed by atoms with Crippen molar-refractivity contribution in [2.45, 2.75) is 64.1 Å². The zero-order valence-corrected chi connectivity index (χ0v) is 15.4. The van der Waals surface area contributed by atoms with E-state index in [1.54, 1.807) is 0 Å².